The molecule has 0 radical (unpaired) electrons. The Morgan fingerprint density at radius 3 is 2.38 bits per heavy atom. The molecule has 2 fully saturated rings. The molecule has 34 heavy (non-hydrogen) atoms. The van der Waals surface area contributed by atoms with Crippen LogP contribution in [-0.4, -0.2) is 11.7 Å². The molecule has 2 aromatic rings. The standard InChI is InChI=1S/C33H42O/c1-31(2,3)34-26-16-18-32(4)25(21-26)12-13-27-29-15-14-28(33(29,5)19-17-30(27)32)24-11-10-22-8-6-7-9-23(22)20-24/h6-12,14,20,26-27,29-30H,13,15-19,21H2,1-5H3/t26-,27+,29+,30+,32+,33-/m1/s1. The van der Waals surface area contributed by atoms with Crippen LogP contribution in [0.3, 0.4) is 0 Å². The lowest BCUT2D eigenvalue weighted by Gasteiger charge is -2.58. The first-order valence-electron chi connectivity index (χ1n) is 13.7. The molecule has 0 N–H and O–H groups in total. The van der Waals surface area contributed by atoms with Crippen molar-refractivity contribution in [2.75, 3.05) is 0 Å². The van der Waals surface area contributed by atoms with Crippen LogP contribution in [0.1, 0.15) is 85.1 Å². The number of hydrogen-bond donors (Lipinski definition) is 0. The van der Waals surface area contributed by atoms with Crippen LogP contribution in [0.4, 0.5) is 0 Å². The van der Waals surface area contributed by atoms with Crippen molar-refractivity contribution in [1.82, 2.24) is 0 Å². The van der Waals surface area contributed by atoms with Gasteiger partial charge in [-0.05, 0) is 122 Å². The molecule has 6 atom stereocenters. The van der Waals surface area contributed by atoms with Crippen molar-refractivity contribution in [2.45, 2.75) is 91.3 Å². The topological polar surface area (TPSA) is 9.23 Å². The van der Waals surface area contributed by atoms with E-state index in [1.165, 1.54) is 54.9 Å². The van der Waals surface area contributed by atoms with E-state index < -0.39 is 0 Å². The quantitative estimate of drug-likeness (QED) is 0.411. The molecule has 4 aliphatic carbocycles. The molecule has 180 valence electrons. The van der Waals surface area contributed by atoms with Crippen molar-refractivity contribution in [2.24, 2.45) is 28.6 Å². The molecule has 6 rings (SSSR count). The second kappa shape index (κ2) is 7.82. The lowest BCUT2D eigenvalue weighted by Crippen LogP contribution is -2.50. The molecule has 1 heteroatoms. The highest BCUT2D eigenvalue weighted by atomic mass is 16.5. The third-order valence-corrected chi connectivity index (χ3v) is 10.2. The van der Waals surface area contributed by atoms with Crippen LogP contribution in [0.25, 0.3) is 16.3 Å². The minimum Gasteiger partial charge on any atom is -0.372 e. The Hall–Kier alpha value is -1.86. The third-order valence-electron chi connectivity index (χ3n) is 10.2. The summed E-state index contributed by atoms with van der Waals surface area (Å²) in [7, 11) is 0. The predicted octanol–water partition coefficient (Wildman–Crippen LogP) is 8.98. The first-order valence-corrected chi connectivity index (χ1v) is 13.7. The maximum Gasteiger partial charge on any atom is 0.0619 e. The normalized spacial score (nSPS) is 37.4. The van der Waals surface area contributed by atoms with Crippen molar-refractivity contribution in [1.29, 1.82) is 0 Å². The molecule has 0 bridgehead atoms. The van der Waals surface area contributed by atoms with Crippen molar-refractivity contribution in [3.63, 3.8) is 0 Å². The number of benzene rings is 2. The van der Waals surface area contributed by atoms with Gasteiger partial charge in [0.15, 0.2) is 0 Å². The highest BCUT2D eigenvalue weighted by molar-refractivity contribution is 5.87. The number of rotatable bonds is 2. The van der Waals surface area contributed by atoms with Crippen LogP contribution < -0.4 is 0 Å². The van der Waals surface area contributed by atoms with Gasteiger partial charge in [0, 0.05) is 0 Å². The number of allylic oxidation sites excluding steroid dienone is 3. The first-order chi connectivity index (χ1) is 16.2. The van der Waals surface area contributed by atoms with E-state index >= 15 is 0 Å². The summed E-state index contributed by atoms with van der Waals surface area (Å²) >= 11 is 0. The summed E-state index contributed by atoms with van der Waals surface area (Å²) in [6.45, 7) is 11.8. The smallest absolute Gasteiger partial charge is 0.0619 e. The highest BCUT2D eigenvalue weighted by Crippen LogP contribution is 2.66. The fourth-order valence-corrected chi connectivity index (χ4v) is 8.60. The summed E-state index contributed by atoms with van der Waals surface area (Å²) < 4.78 is 6.44. The summed E-state index contributed by atoms with van der Waals surface area (Å²) in [6, 6.07) is 15.9. The Kier molecular flexibility index (Phi) is 5.20. The van der Waals surface area contributed by atoms with E-state index in [4.69, 9.17) is 4.74 Å². The lowest BCUT2D eigenvalue weighted by atomic mass is 9.47. The van der Waals surface area contributed by atoms with E-state index in [1.54, 1.807) is 11.1 Å². The van der Waals surface area contributed by atoms with Gasteiger partial charge in [0.25, 0.3) is 0 Å². The van der Waals surface area contributed by atoms with Crippen LogP contribution in [0.5, 0.6) is 0 Å². The Balaban J connectivity index is 1.26. The van der Waals surface area contributed by atoms with Gasteiger partial charge in [-0.3, -0.25) is 0 Å². The SMILES string of the molecule is CC(C)(C)O[C@@H]1CC[C@@]2(C)C(=CC[C@@H]3[C@@H]2CC[C@]2(C)C(c4ccc5ccccc5c4)=CC[C@@H]32)C1. The van der Waals surface area contributed by atoms with Gasteiger partial charge in [-0.15, -0.1) is 0 Å². The summed E-state index contributed by atoms with van der Waals surface area (Å²) in [5.74, 6) is 2.44. The maximum atomic E-state index is 6.44. The van der Waals surface area contributed by atoms with E-state index in [0.29, 0.717) is 16.9 Å². The van der Waals surface area contributed by atoms with Gasteiger partial charge in [-0.1, -0.05) is 68.0 Å². The largest absolute Gasteiger partial charge is 0.372 e. The Morgan fingerprint density at radius 1 is 0.824 bits per heavy atom. The molecule has 0 amide bonds. The summed E-state index contributed by atoms with van der Waals surface area (Å²) in [4.78, 5) is 0. The molecule has 2 saturated carbocycles. The summed E-state index contributed by atoms with van der Waals surface area (Å²) in [5, 5.41) is 2.72. The Bertz CT molecular complexity index is 1160. The molecule has 0 spiro atoms. The number of hydrogen-bond acceptors (Lipinski definition) is 1. The Morgan fingerprint density at radius 2 is 1.59 bits per heavy atom. The molecular weight excluding hydrogens is 412 g/mol. The zero-order valence-electron chi connectivity index (χ0n) is 21.9. The minimum atomic E-state index is -0.0441. The zero-order chi connectivity index (χ0) is 23.7. The fraction of sp³-hybridized carbons (Fsp3) is 0.576. The Labute approximate surface area is 206 Å². The molecule has 0 aliphatic heterocycles. The molecule has 1 nitrogen and oxygen atoms in total. The number of ether oxygens (including phenoxy) is 1. The van der Waals surface area contributed by atoms with Crippen LogP contribution in [0.15, 0.2) is 60.2 Å². The highest BCUT2D eigenvalue weighted by Gasteiger charge is 2.56. The van der Waals surface area contributed by atoms with Gasteiger partial charge in [-0.25, -0.2) is 0 Å². The molecule has 0 unspecified atom stereocenters. The molecule has 0 saturated heterocycles. The van der Waals surface area contributed by atoms with Crippen LogP contribution in [0.2, 0.25) is 0 Å². The fourth-order valence-electron chi connectivity index (χ4n) is 8.60. The lowest BCUT2D eigenvalue weighted by molar-refractivity contribution is -0.0894. The van der Waals surface area contributed by atoms with Gasteiger partial charge >= 0.3 is 0 Å². The van der Waals surface area contributed by atoms with Gasteiger partial charge < -0.3 is 4.74 Å². The van der Waals surface area contributed by atoms with E-state index in [-0.39, 0.29) is 5.60 Å². The van der Waals surface area contributed by atoms with Crippen molar-refractivity contribution in [3.8, 4) is 0 Å². The van der Waals surface area contributed by atoms with E-state index in [0.717, 1.165) is 24.2 Å². The van der Waals surface area contributed by atoms with Crippen LogP contribution in [0, 0.1) is 28.6 Å². The van der Waals surface area contributed by atoms with Crippen molar-refractivity contribution >= 4 is 16.3 Å². The first kappa shape index (κ1) is 22.6. The zero-order valence-corrected chi connectivity index (χ0v) is 21.9. The maximum absolute atomic E-state index is 6.44. The number of fused-ring (bicyclic) bond motifs is 6. The minimum absolute atomic E-state index is 0.0441. The summed E-state index contributed by atoms with van der Waals surface area (Å²) in [6.07, 6.45) is 14.6. The van der Waals surface area contributed by atoms with Crippen molar-refractivity contribution in [3.05, 3.63) is 65.8 Å². The van der Waals surface area contributed by atoms with Gasteiger partial charge in [0.2, 0.25) is 0 Å². The van der Waals surface area contributed by atoms with E-state index in [1.807, 2.05) is 0 Å². The van der Waals surface area contributed by atoms with Gasteiger partial charge in [0.05, 0.1) is 11.7 Å². The van der Waals surface area contributed by atoms with E-state index in [2.05, 4.69) is 89.2 Å². The monoisotopic (exact) mass is 454 g/mol. The van der Waals surface area contributed by atoms with Crippen LogP contribution >= 0.6 is 0 Å². The second-order valence-electron chi connectivity index (χ2n) is 13.2. The van der Waals surface area contributed by atoms with E-state index in [9.17, 15) is 0 Å². The molecule has 0 aromatic heterocycles. The average Bonchev–Trinajstić information content (AvgIpc) is 3.15. The molecular formula is C33H42O. The average molecular weight is 455 g/mol. The predicted molar refractivity (Wildman–Crippen MR) is 144 cm³/mol. The van der Waals surface area contributed by atoms with Gasteiger partial charge in [0.1, 0.15) is 0 Å². The van der Waals surface area contributed by atoms with Crippen LogP contribution in [-0.2, 0) is 4.74 Å². The second-order valence-corrected chi connectivity index (χ2v) is 13.2. The molecule has 0 heterocycles. The summed E-state index contributed by atoms with van der Waals surface area (Å²) in [5.41, 5.74) is 5.46. The third kappa shape index (κ3) is 3.53. The molecule has 2 aromatic carbocycles. The van der Waals surface area contributed by atoms with Crippen molar-refractivity contribution < 1.29 is 4.74 Å². The molecule has 4 aliphatic rings. The van der Waals surface area contributed by atoms with Gasteiger partial charge in [-0.2, -0.15) is 0 Å².